The standard InChI is InChI=1S/C49H32N4O/c1-27-32-17-9-18-34-28(2)40-25-31(26-41-36-21-10-19-33(27)43(36)53(42(32)34)44(40)41)35-20-11-22-37-38-23-12-24-39(46(38)54-45(35)37)49-51-47(29-13-5-3-6-14-29)50-48(52-49)30-15-7-4-8-16-30/h3-28H,1-2H3. The predicted octanol–water partition coefficient (Wildman–Crippen LogP) is 12.5. The molecule has 0 radical (unpaired) electrons. The Labute approximate surface area is 311 Å². The lowest BCUT2D eigenvalue weighted by atomic mass is 9.80. The van der Waals surface area contributed by atoms with Crippen molar-refractivity contribution in [1.29, 1.82) is 0 Å². The Hall–Kier alpha value is -6.85. The Morgan fingerprint density at radius 2 is 0.944 bits per heavy atom. The zero-order valence-electron chi connectivity index (χ0n) is 29.7. The summed E-state index contributed by atoms with van der Waals surface area (Å²) < 4.78 is 9.60. The largest absolute Gasteiger partial charge is 0.455 e. The summed E-state index contributed by atoms with van der Waals surface area (Å²) in [5.74, 6) is 2.41. The highest BCUT2D eigenvalue weighted by Gasteiger charge is 2.35. The van der Waals surface area contributed by atoms with Gasteiger partial charge in [-0.15, -0.1) is 0 Å². The molecule has 3 aromatic heterocycles. The molecule has 54 heavy (non-hydrogen) atoms. The average molecular weight is 693 g/mol. The predicted molar refractivity (Wildman–Crippen MR) is 218 cm³/mol. The molecular formula is C49H32N4O. The van der Waals surface area contributed by atoms with Crippen molar-refractivity contribution in [3.05, 3.63) is 168 Å². The number of para-hydroxylation sites is 4. The van der Waals surface area contributed by atoms with E-state index in [1.807, 2.05) is 60.7 Å². The van der Waals surface area contributed by atoms with Gasteiger partial charge in [0.2, 0.25) is 0 Å². The summed E-state index contributed by atoms with van der Waals surface area (Å²) in [7, 11) is 0. The molecule has 0 fully saturated rings. The number of hydrogen-bond acceptors (Lipinski definition) is 4. The van der Waals surface area contributed by atoms with Gasteiger partial charge in [-0.2, -0.15) is 0 Å². The Bertz CT molecular complexity index is 3140. The molecular weight excluding hydrogens is 661 g/mol. The number of hydrogen-bond donors (Lipinski definition) is 0. The van der Waals surface area contributed by atoms with Gasteiger partial charge >= 0.3 is 0 Å². The van der Waals surface area contributed by atoms with Gasteiger partial charge in [-0.1, -0.05) is 141 Å². The van der Waals surface area contributed by atoms with Crippen molar-refractivity contribution in [3.63, 3.8) is 0 Å². The summed E-state index contributed by atoms with van der Waals surface area (Å²) in [6.45, 7) is 4.72. The quantitative estimate of drug-likeness (QED) is 0.184. The van der Waals surface area contributed by atoms with Gasteiger partial charge < -0.3 is 8.98 Å². The first-order valence-corrected chi connectivity index (χ1v) is 18.7. The molecule has 12 rings (SSSR count). The van der Waals surface area contributed by atoms with E-state index in [0.717, 1.165) is 49.8 Å². The molecule has 254 valence electrons. The van der Waals surface area contributed by atoms with Gasteiger partial charge in [0.1, 0.15) is 11.2 Å². The molecule has 0 saturated heterocycles. The topological polar surface area (TPSA) is 56.7 Å². The molecule has 2 aliphatic heterocycles. The van der Waals surface area contributed by atoms with E-state index in [1.165, 1.54) is 49.7 Å². The van der Waals surface area contributed by atoms with Crippen molar-refractivity contribution in [2.24, 2.45) is 0 Å². The lowest BCUT2D eigenvalue weighted by Crippen LogP contribution is -2.19. The van der Waals surface area contributed by atoms with E-state index < -0.39 is 0 Å². The molecule has 7 aromatic carbocycles. The molecule has 0 spiro atoms. The van der Waals surface area contributed by atoms with E-state index in [2.05, 4.69) is 103 Å². The monoisotopic (exact) mass is 692 g/mol. The van der Waals surface area contributed by atoms with Crippen LogP contribution in [0.1, 0.15) is 47.9 Å². The van der Waals surface area contributed by atoms with E-state index >= 15 is 0 Å². The summed E-state index contributed by atoms with van der Waals surface area (Å²) in [5, 5.41) is 4.70. The molecule has 0 aliphatic carbocycles. The molecule has 0 bridgehead atoms. The molecule has 10 aromatic rings. The fourth-order valence-electron chi connectivity index (χ4n) is 9.34. The maximum atomic E-state index is 7.03. The smallest absolute Gasteiger partial charge is 0.167 e. The number of nitrogens with zero attached hydrogens (tertiary/aromatic N) is 4. The second kappa shape index (κ2) is 10.8. The van der Waals surface area contributed by atoms with Crippen molar-refractivity contribution >= 4 is 43.7 Å². The van der Waals surface area contributed by atoms with Crippen molar-refractivity contribution in [2.45, 2.75) is 25.7 Å². The SMILES string of the molecule is CC1c2cccc3c2-n2c4c1cccc4c1cc(-c4cccc5c4oc4c(-c6nc(-c7ccccc7)nc(-c7ccccc7)n6)cccc45)cc(c12)C3C. The number of benzene rings is 7. The molecule has 2 aliphatic rings. The van der Waals surface area contributed by atoms with Crippen molar-refractivity contribution in [1.82, 2.24) is 19.5 Å². The molecule has 5 nitrogen and oxygen atoms in total. The van der Waals surface area contributed by atoms with Crippen molar-refractivity contribution in [2.75, 3.05) is 0 Å². The minimum atomic E-state index is 0.246. The summed E-state index contributed by atoms with van der Waals surface area (Å²) >= 11 is 0. The minimum absolute atomic E-state index is 0.246. The van der Waals surface area contributed by atoms with Gasteiger partial charge in [0.25, 0.3) is 0 Å². The first-order chi connectivity index (χ1) is 26.6. The zero-order valence-corrected chi connectivity index (χ0v) is 29.7. The first kappa shape index (κ1) is 29.7. The molecule has 5 heteroatoms. The van der Waals surface area contributed by atoms with Gasteiger partial charge in [0.05, 0.1) is 22.3 Å². The van der Waals surface area contributed by atoms with Crippen LogP contribution >= 0.6 is 0 Å². The lowest BCUT2D eigenvalue weighted by molar-refractivity contribution is 0.670. The fraction of sp³-hybridized carbons (Fsp3) is 0.0816. The van der Waals surface area contributed by atoms with Crippen molar-refractivity contribution < 1.29 is 4.42 Å². The molecule has 0 saturated carbocycles. The van der Waals surface area contributed by atoms with Crippen LogP contribution in [0, 0.1) is 0 Å². The maximum Gasteiger partial charge on any atom is 0.167 e. The number of furan rings is 1. The Kier molecular flexibility index (Phi) is 5.96. The molecule has 2 atom stereocenters. The third-order valence-electron chi connectivity index (χ3n) is 11.9. The van der Waals surface area contributed by atoms with Crippen LogP contribution in [-0.4, -0.2) is 19.5 Å². The highest BCUT2D eigenvalue weighted by molar-refractivity contribution is 6.17. The fourth-order valence-corrected chi connectivity index (χ4v) is 9.34. The first-order valence-electron chi connectivity index (χ1n) is 18.7. The molecule has 0 N–H and O–H groups in total. The normalized spacial score (nSPS) is 15.6. The summed E-state index contributed by atoms with van der Waals surface area (Å²) in [4.78, 5) is 15.0. The average Bonchev–Trinajstić information content (AvgIpc) is 3.79. The van der Waals surface area contributed by atoms with E-state index in [0.29, 0.717) is 23.4 Å². The molecule has 0 amide bonds. The molecule has 5 heterocycles. The van der Waals surface area contributed by atoms with Crippen LogP contribution in [-0.2, 0) is 0 Å². The minimum Gasteiger partial charge on any atom is -0.455 e. The summed E-state index contributed by atoms with van der Waals surface area (Å²) in [5.41, 5.74) is 16.2. The number of rotatable bonds is 4. The Balaban J connectivity index is 1.10. The van der Waals surface area contributed by atoms with Crippen LogP contribution in [0.4, 0.5) is 0 Å². The molecule has 2 unspecified atom stereocenters. The van der Waals surface area contributed by atoms with Crippen LogP contribution < -0.4 is 0 Å². The zero-order chi connectivity index (χ0) is 35.7. The van der Waals surface area contributed by atoms with Gasteiger partial charge in [-0.05, 0) is 46.0 Å². The van der Waals surface area contributed by atoms with Gasteiger partial charge in [0.15, 0.2) is 17.5 Å². The lowest BCUT2D eigenvalue weighted by Gasteiger charge is -2.33. The third kappa shape index (κ3) is 3.96. The van der Waals surface area contributed by atoms with Gasteiger partial charge in [-0.3, -0.25) is 0 Å². The van der Waals surface area contributed by atoms with Crippen LogP contribution in [0.5, 0.6) is 0 Å². The van der Waals surface area contributed by atoms with Crippen LogP contribution in [0.15, 0.2) is 150 Å². The Morgan fingerprint density at radius 1 is 0.426 bits per heavy atom. The van der Waals surface area contributed by atoms with E-state index in [1.54, 1.807) is 0 Å². The summed E-state index contributed by atoms with van der Waals surface area (Å²) in [6.07, 6.45) is 0. The van der Waals surface area contributed by atoms with E-state index in [9.17, 15) is 0 Å². The second-order valence-corrected chi connectivity index (χ2v) is 14.8. The third-order valence-corrected chi connectivity index (χ3v) is 11.9. The number of aromatic nitrogens is 4. The van der Waals surface area contributed by atoms with Gasteiger partial charge in [0, 0.05) is 50.1 Å². The highest BCUT2D eigenvalue weighted by Crippen LogP contribution is 2.53. The van der Waals surface area contributed by atoms with Crippen LogP contribution in [0.25, 0.3) is 94.7 Å². The van der Waals surface area contributed by atoms with Gasteiger partial charge in [-0.25, -0.2) is 15.0 Å². The van der Waals surface area contributed by atoms with Crippen LogP contribution in [0.2, 0.25) is 0 Å². The maximum absolute atomic E-state index is 7.03. The van der Waals surface area contributed by atoms with Crippen molar-refractivity contribution in [3.8, 4) is 51.0 Å². The number of fused-ring (bicyclic) bond motifs is 4. The van der Waals surface area contributed by atoms with E-state index in [4.69, 9.17) is 19.4 Å². The van der Waals surface area contributed by atoms with Crippen LogP contribution in [0.3, 0.4) is 0 Å². The Morgan fingerprint density at radius 3 is 1.63 bits per heavy atom. The second-order valence-electron chi connectivity index (χ2n) is 14.8. The summed E-state index contributed by atoms with van der Waals surface area (Å²) in [6, 6.07) is 51.5. The van der Waals surface area contributed by atoms with E-state index in [-0.39, 0.29) is 5.92 Å². The highest BCUT2D eigenvalue weighted by atomic mass is 16.3.